The molecule has 1 saturated heterocycles. The van der Waals surface area contributed by atoms with Crippen molar-refractivity contribution in [1.82, 2.24) is 15.2 Å². The number of nitrogens with zero attached hydrogens (tertiary/aromatic N) is 1. The highest BCUT2D eigenvalue weighted by atomic mass is 15.2. The molecule has 0 radical (unpaired) electrons. The van der Waals surface area contributed by atoms with E-state index in [0.29, 0.717) is 0 Å². The van der Waals surface area contributed by atoms with Crippen LogP contribution in [0.25, 0.3) is 10.9 Å². The third-order valence-corrected chi connectivity index (χ3v) is 4.32. The van der Waals surface area contributed by atoms with Gasteiger partial charge in [0.1, 0.15) is 0 Å². The van der Waals surface area contributed by atoms with Crippen LogP contribution in [0.4, 0.5) is 0 Å². The Bertz CT molecular complexity index is 592. The maximum absolute atomic E-state index is 3.66. The van der Waals surface area contributed by atoms with E-state index >= 15 is 0 Å². The highest BCUT2D eigenvalue weighted by molar-refractivity contribution is 5.89. The first kappa shape index (κ1) is 12.7. The number of nitrogens with one attached hydrogen (secondary N) is 2. The molecule has 2 N–H and O–H groups in total. The largest absolute Gasteiger partial charge is 0.357 e. The number of rotatable bonds is 2. The van der Waals surface area contributed by atoms with Gasteiger partial charge in [0.05, 0.1) is 0 Å². The molecule has 0 spiro atoms. The van der Waals surface area contributed by atoms with Gasteiger partial charge in [-0.3, -0.25) is 4.90 Å². The lowest BCUT2D eigenvalue weighted by atomic mass is 10.0. The van der Waals surface area contributed by atoms with Crippen molar-refractivity contribution in [3.8, 4) is 0 Å². The van der Waals surface area contributed by atoms with Crippen molar-refractivity contribution in [2.45, 2.75) is 27.3 Å². The fraction of sp³-hybridized carbons (Fsp3) is 0.500. The molecule has 2 aromatic rings. The zero-order chi connectivity index (χ0) is 13.4. The summed E-state index contributed by atoms with van der Waals surface area (Å²) in [5.74, 6) is 0. The summed E-state index contributed by atoms with van der Waals surface area (Å²) in [5, 5.41) is 4.83. The van der Waals surface area contributed by atoms with E-state index in [-0.39, 0.29) is 0 Å². The van der Waals surface area contributed by atoms with Crippen LogP contribution in [0, 0.1) is 20.8 Å². The molecule has 0 unspecified atom stereocenters. The van der Waals surface area contributed by atoms with Gasteiger partial charge >= 0.3 is 0 Å². The molecule has 1 aromatic heterocycles. The van der Waals surface area contributed by atoms with Crippen molar-refractivity contribution in [1.29, 1.82) is 0 Å². The smallest absolute Gasteiger partial charge is 0.0491 e. The van der Waals surface area contributed by atoms with E-state index in [0.717, 1.165) is 32.7 Å². The van der Waals surface area contributed by atoms with Crippen LogP contribution in [0.15, 0.2) is 12.1 Å². The Balaban J connectivity index is 1.97. The lowest BCUT2D eigenvalue weighted by Gasteiger charge is -2.26. The number of aryl methyl sites for hydroxylation is 3. The Hall–Kier alpha value is -1.32. The summed E-state index contributed by atoms with van der Waals surface area (Å²) in [6.07, 6.45) is 0. The van der Waals surface area contributed by atoms with Gasteiger partial charge in [-0.1, -0.05) is 12.1 Å². The van der Waals surface area contributed by atoms with Crippen molar-refractivity contribution in [3.63, 3.8) is 0 Å². The zero-order valence-electron chi connectivity index (χ0n) is 12.1. The SMILES string of the molecule is Cc1ccc(C)c2c(C)c(CN3CCNCC3)[nH]c12. The predicted octanol–water partition coefficient (Wildman–Crippen LogP) is 2.50. The van der Waals surface area contributed by atoms with E-state index in [2.05, 4.69) is 48.1 Å². The van der Waals surface area contributed by atoms with Gasteiger partial charge in [0.25, 0.3) is 0 Å². The minimum atomic E-state index is 1.04. The van der Waals surface area contributed by atoms with Crippen molar-refractivity contribution < 1.29 is 0 Å². The van der Waals surface area contributed by atoms with Crippen LogP contribution in [-0.2, 0) is 6.54 Å². The number of hydrogen-bond acceptors (Lipinski definition) is 2. The maximum atomic E-state index is 3.66. The molecule has 3 rings (SSSR count). The van der Waals surface area contributed by atoms with E-state index in [1.807, 2.05) is 0 Å². The van der Waals surface area contributed by atoms with Crippen molar-refractivity contribution in [3.05, 3.63) is 34.5 Å². The Labute approximate surface area is 115 Å². The summed E-state index contributed by atoms with van der Waals surface area (Å²) >= 11 is 0. The Morgan fingerprint density at radius 2 is 1.74 bits per heavy atom. The summed E-state index contributed by atoms with van der Waals surface area (Å²) in [7, 11) is 0. The van der Waals surface area contributed by atoms with Crippen molar-refractivity contribution in [2.75, 3.05) is 26.2 Å². The van der Waals surface area contributed by atoms with Crippen LogP contribution < -0.4 is 5.32 Å². The first-order valence-electron chi connectivity index (χ1n) is 7.17. The molecular weight excluding hydrogens is 234 g/mol. The van der Waals surface area contributed by atoms with Crippen LogP contribution in [0.2, 0.25) is 0 Å². The van der Waals surface area contributed by atoms with Crippen LogP contribution in [0.5, 0.6) is 0 Å². The molecule has 19 heavy (non-hydrogen) atoms. The lowest BCUT2D eigenvalue weighted by Crippen LogP contribution is -2.43. The van der Waals surface area contributed by atoms with E-state index < -0.39 is 0 Å². The number of H-pyrrole nitrogens is 1. The Morgan fingerprint density at radius 3 is 2.42 bits per heavy atom. The number of hydrogen-bond donors (Lipinski definition) is 2. The van der Waals surface area contributed by atoms with Gasteiger partial charge in [0.2, 0.25) is 0 Å². The van der Waals surface area contributed by atoms with Crippen molar-refractivity contribution >= 4 is 10.9 Å². The van der Waals surface area contributed by atoms with Gasteiger partial charge in [0, 0.05) is 49.3 Å². The summed E-state index contributed by atoms with van der Waals surface area (Å²) < 4.78 is 0. The number of benzene rings is 1. The fourth-order valence-corrected chi connectivity index (χ4v) is 3.10. The molecule has 0 saturated carbocycles. The second-order valence-electron chi connectivity index (χ2n) is 5.70. The van der Waals surface area contributed by atoms with E-state index in [1.54, 1.807) is 0 Å². The summed E-state index contributed by atoms with van der Waals surface area (Å²) in [4.78, 5) is 6.18. The molecule has 1 fully saturated rings. The van der Waals surface area contributed by atoms with Gasteiger partial charge in [-0.25, -0.2) is 0 Å². The Morgan fingerprint density at radius 1 is 1.05 bits per heavy atom. The quantitative estimate of drug-likeness (QED) is 0.866. The number of aromatic nitrogens is 1. The summed E-state index contributed by atoms with van der Waals surface area (Å²) in [6, 6.07) is 4.44. The average molecular weight is 257 g/mol. The minimum Gasteiger partial charge on any atom is -0.357 e. The number of aromatic amines is 1. The standard InChI is InChI=1S/C16H23N3/c1-11-4-5-12(2)16-15(11)13(3)14(18-16)10-19-8-6-17-7-9-19/h4-5,17-18H,6-10H2,1-3H3. The molecule has 102 valence electrons. The van der Waals surface area contributed by atoms with Crippen LogP contribution in [-0.4, -0.2) is 36.1 Å². The monoisotopic (exact) mass is 257 g/mol. The molecule has 1 aliphatic rings. The van der Waals surface area contributed by atoms with Crippen LogP contribution in [0.3, 0.4) is 0 Å². The molecule has 1 aliphatic heterocycles. The molecule has 3 nitrogen and oxygen atoms in total. The highest BCUT2D eigenvalue weighted by Crippen LogP contribution is 2.28. The normalized spacial score (nSPS) is 17.2. The van der Waals surface area contributed by atoms with E-state index in [9.17, 15) is 0 Å². The third-order valence-electron chi connectivity index (χ3n) is 4.32. The van der Waals surface area contributed by atoms with Gasteiger partial charge in [-0.15, -0.1) is 0 Å². The maximum Gasteiger partial charge on any atom is 0.0491 e. The van der Waals surface area contributed by atoms with Gasteiger partial charge < -0.3 is 10.3 Å². The molecule has 0 amide bonds. The summed E-state index contributed by atoms with van der Waals surface area (Å²) in [5.41, 5.74) is 6.85. The van der Waals surface area contributed by atoms with Crippen molar-refractivity contribution in [2.24, 2.45) is 0 Å². The van der Waals surface area contributed by atoms with Gasteiger partial charge in [0.15, 0.2) is 0 Å². The molecule has 0 aliphatic carbocycles. The fourth-order valence-electron chi connectivity index (χ4n) is 3.10. The Kier molecular flexibility index (Phi) is 3.33. The lowest BCUT2D eigenvalue weighted by molar-refractivity contribution is 0.231. The first-order chi connectivity index (χ1) is 9.16. The number of piperazine rings is 1. The van der Waals surface area contributed by atoms with Gasteiger partial charge in [-0.2, -0.15) is 0 Å². The van der Waals surface area contributed by atoms with Crippen LogP contribution >= 0.6 is 0 Å². The average Bonchev–Trinajstić information content (AvgIpc) is 2.74. The molecule has 0 atom stereocenters. The minimum absolute atomic E-state index is 1.04. The molecule has 2 heterocycles. The second-order valence-corrected chi connectivity index (χ2v) is 5.70. The third kappa shape index (κ3) is 2.28. The molecule has 0 bridgehead atoms. The van der Waals surface area contributed by atoms with Crippen LogP contribution in [0.1, 0.15) is 22.4 Å². The van der Waals surface area contributed by atoms with E-state index in [4.69, 9.17) is 0 Å². The highest BCUT2D eigenvalue weighted by Gasteiger charge is 2.15. The topological polar surface area (TPSA) is 31.1 Å². The first-order valence-corrected chi connectivity index (χ1v) is 7.17. The second kappa shape index (κ2) is 4.99. The zero-order valence-corrected chi connectivity index (χ0v) is 12.1. The molecule has 1 aromatic carbocycles. The predicted molar refractivity (Wildman–Crippen MR) is 80.7 cm³/mol. The molecular formula is C16H23N3. The number of fused-ring (bicyclic) bond motifs is 1. The summed E-state index contributed by atoms with van der Waals surface area (Å²) in [6.45, 7) is 12.2. The molecule has 3 heteroatoms. The van der Waals surface area contributed by atoms with Gasteiger partial charge in [-0.05, 0) is 37.5 Å². The van der Waals surface area contributed by atoms with E-state index in [1.165, 1.54) is 33.3 Å².